The topological polar surface area (TPSA) is 103 Å². The Morgan fingerprint density at radius 2 is 1.89 bits per heavy atom. The number of benzene rings is 2. The number of hydrogen-bond acceptors (Lipinski definition) is 8. The fraction of sp³-hybridized carbons (Fsp3) is 0.208. The van der Waals surface area contributed by atoms with Gasteiger partial charge in [-0.15, -0.1) is 21.5 Å². The molecule has 0 aliphatic carbocycles. The fourth-order valence-electron chi connectivity index (χ4n) is 3.45. The zero-order chi connectivity index (χ0) is 25.7. The van der Waals surface area contributed by atoms with Gasteiger partial charge in [0.25, 0.3) is 0 Å². The number of thiophene rings is 1. The number of aromatic nitrogens is 3. The van der Waals surface area contributed by atoms with E-state index in [1.165, 1.54) is 42.5 Å². The maximum absolute atomic E-state index is 13.6. The first-order valence-electron chi connectivity index (χ1n) is 10.8. The summed E-state index contributed by atoms with van der Waals surface area (Å²) in [4.78, 5) is 11.8. The van der Waals surface area contributed by atoms with Gasteiger partial charge >= 0.3 is 5.97 Å². The van der Waals surface area contributed by atoms with Crippen molar-refractivity contribution in [1.82, 2.24) is 19.5 Å². The van der Waals surface area contributed by atoms with Crippen molar-refractivity contribution in [2.45, 2.75) is 29.1 Å². The van der Waals surface area contributed by atoms with E-state index < -0.39 is 16.0 Å². The third kappa shape index (κ3) is 5.84. The Bertz CT molecular complexity index is 1470. The van der Waals surface area contributed by atoms with Gasteiger partial charge in [-0.1, -0.05) is 36.0 Å². The van der Waals surface area contributed by atoms with Gasteiger partial charge in [0.05, 0.1) is 7.11 Å². The lowest BCUT2D eigenvalue weighted by Crippen LogP contribution is -2.27. The quantitative estimate of drug-likeness (QED) is 0.233. The van der Waals surface area contributed by atoms with Gasteiger partial charge in [0, 0.05) is 24.4 Å². The lowest BCUT2D eigenvalue weighted by molar-refractivity contribution is 0.0602. The number of carbonyl (C=O) groups excluding carboxylic acids is 1. The molecule has 36 heavy (non-hydrogen) atoms. The molecule has 0 saturated heterocycles. The van der Waals surface area contributed by atoms with Crippen LogP contribution in [0, 0.1) is 12.7 Å². The number of sulfonamides is 1. The molecule has 1 N–H and O–H groups in total. The van der Waals surface area contributed by atoms with Crippen molar-refractivity contribution in [3.05, 3.63) is 87.6 Å². The highest BCUT2D eigenvalue weighted by Gasteiger charge is 2.25. The molecule has 0 bridgehead atoms. The average molecular weight is 547 g/mol. The van der Waals surface area contributed by atoms with Gasteiger partial charge in [-0.05, 0) is 53.8 Å². The summed E-state index contributed by atoms with van der Waals surface area (Å²) in [6, 6.07) is 15.3. The van der Waals surface area contributed by atoms with E-state index in [1.54, 1.807) is 16.7 Å². The van der Waals surface area contributed by atoms with Crippen molar-refractivity contribution in [2.75, 3.05) is 13.7 Å². The summed E-state index contributed by atoms with van der Waals surface area (Å²) in [6.07, 6.45) is 0.215. The van der Waals surface area contributed by atoms with E-state index >= 15 is 0 Å². The Labute approximate surface area is 216 Å². The van der Waals surface area contributed by atoms with Gasteiger partial charge in [0.1, 0.15) is 21.4 Å². The first-order chi connectivity index (χ1) is 17.3. The number of nitrogens with zero attached hydrogens (tertiary/aromatic N) is 3. The first kappa shape index (κ1) is 26.0. The van der Waals surface area contributed by atoms with Gasteiger partial charge in [-0.3, -0.25) is 4.57 Å². The maximum Gasteiger partial charge on any atom is 0.349 e. The minimum absolute atomic E-state index is 0.00868. The highest BCUT2D eigenvalue weighted by Crippen LogP contribution is 2.27. The molecular weight excluding hydrogens is 523 g/mol. The smallest absolute Gasteiger partial charge is 0.349 e. The van der Waals surface area contributed by atoms with Gasteiger partial charge in [-0.2, -0.15) is 0 Å². The molecule has 0 unspecified atom stereocenters. The molecular formula is C24H23FN4O4S3. The predicted octanol–water partition coefficient (Wildman–Crippen LogP) is 4.38. The second-order valence-corrected chi connectivity index (χ2v) is 11.3. The molecule has 188 valence electrons. The Balaban J connectivity index is 1.54. The molecule has 4 aromatic rings. The first-order valence-corrected chi connectivity index (χ1v) is 14.2. The van der Waals surface area contributed by atoms with E-state index in [0.717, 1.165) is 22.5 Å². The number of hydrogen-bond donors (Lipinski definition) is 1. The molecule has 0 radical (unpaired) electrons. The van der Waals surface area contributed by atoms with Crippen LogP contribution < -0.4 is 4.72 Å². The molecule has 0 spiro atoms. The standard InChI is InChI=1S/C24H23FN4O4S3/c1-16-5-3-4-6-17(16)15-35-24-28-27-21(29(24)19-9-7-18(25)8-10-19)11-13-26-36(31,32)20-12-14-34-22(20)23(30)33-2/h3-10,12,14,26H,11,13,15H2,1-2H3. The van der Waals surface area contributed by atoms with Gasteiger partial charge in [0.2, 0.25) is 10.0 Å². The third-order valence-electron chi connectivity index (χ3n) is 5.33. The summed E-state index contributed by atoms with van der Waals surface area (Å²) >= 11 is 2.48. The zero-order valence-electron chi connectivity index (χ0n) is 19.5. The van der Waals surface area contributed by atoms with Crippen LogP contribution in [0.5, 0.6) is 0 Å². The highest BCUT2D eigenvalue weighted by molar-refractivity contribution is 7.98. The van der Waals surface area contributed by atoms with E-state index in [-0.39, 0.29) is 28.6 Å². The Hall–Kier alpha value is -3.06. The summed E-state index contributed by atoms with van der Waals surface area (Å²) in [6.45, 7) is 2.05. The molecule has 4 rings (SSSR count). The Morgan fingerprint density at radius 3 is 2.61 bits per heavy atom. The molecule has 0 fully saturated rings. The van der Waals surface area contributed by atoms with Gasteiger partial charge < -0.3 is 4.74 Å². The third-order valence-corrected chi connectivity index (χ3v) is 8.84. The normalized spacial score (nSPS) is 11.5. The van der Waals surface area contributed by atoms with Crippen LogP contribution in [0.1, 0.15) is 26.6 Å². The van der Waals surface area contributed by atoms with Crippen molar-refractivity contribution in [3.63, 3.8) is 0 Å². The van der Waals surface area contributed by atoms with Crippen LogP contribution >= 0.6 is 23.1 Å². The summed E-state index contributed by atoms with van der Waals surface area (Å²) in [7, 11) is -2.76. The van der Waals surface area contributed by atoms with Crippen molar-refractivity contribution < 1.29 is 22.3 Å². The number of ether oxygens (including phenoxy) is 1. The molecule has 0 atom stereocenters. The average Bonchev–Trinajstić information content (AvgIpc) is 3.52. The van der Waals surface area contributed by atoms with Crippen LogP contribution in [0.2, 0.25) is 0 Å². The molecule has 2 aromatic carbocycles. The van der Waals surface area contributed by atoms with Crippen molar-refractivity contribution in [2.24, 2.45) is 0 Å². The van der Waals surface area contributed by atoms with Gasteiger partial charge in [-0.25, -0.2) is 22.3 Å². The summed E-state index contributed by atoms with van der Waals surface area (Å²) < 4.78 is 48.2. The molecule has 2 heterocycles. The second-order valence-electron chi connectivity index (χ2n) is 7.68. The van der Waals surface area contributed by atoms with Crippen LogP contribution in [0.25, 0.3) is 5.69 Å². The summed E-state index contributed by atoms with van der Waals surface area (Å²) in [5, 5.41) is 10.7. The monoisotopic (exact) mass is 546 g/mol. The number of halogens is 1. The van der Waals surface area contributed by atoms with E-state index in [2.05, 4.69) is 19.7 Å². The van der Waals surface area contributed by atoms with E-state index in [9.17, 15) is 17.6 Å². The fourth-order valence-corrected chi connectivity index (χ4v) is 6.86. The molecule has 0 aliphatic rings. The predicted molar refractivity (Wildman–Crippen MR) is 137 cm³/mol. The van der Waals surface area contributed by atoms with Gasteiger partial charge in [0.15, 0.2) is 5.16 Å². The van der Waals surface area contributed by atoms with E-state index in [0.29, 0.717) is 22.4 Å². The minimum atomic E-state index is -3.95. The Kier molecular flexibility index (Phi) is 8.19. The van der Waals surface area contributed by atoms with E-state index in [1.807, 2.05) is 31.2 Å². The second kappa shape index (κ2) is 11.3. The number of esters is 1. The number of rotatable bonds is 10. The Morgan fingerprint density at radius 1 is 1.14 bits per heavy atom. The van der Waals surface area contributed by atoms with E-state index in [4.69, 9.17) is 0 Å². The van der Waals surface area contributed by atoms with Crippen LogP contribution in [0.4, 0.5) is 4.39 Å². The van der Waals surface area contributed by atoms with Crippen LogP contribution in [-0.4, -0.2) is 42.8 Å². The largest absolute Gasteiger partial charge is 0.465 e. The number of methoxy groups -OCH3 is 1. The molecule has 0 saturated carbocycles. The van der Waals surface area contributed by atoms with Crippen molar-refractivity contribution in [3.8, 4) is 5.69 Å². The molecule has 0 amide bonds. The van der Waals surface area contributed by atoms with Crippen LogP contribution in [0.3, 0.4) is 0 Å². The number of nitrogens with one attached hydrogen (secondary N) is 1. The lowest BCUT2D eigenvalue weighted by Gasteiger charge is -2.12. The minimum Gasteiger partial charge on any atom is -0.465 e. The molecule has 2 aromatic heterocycles. The molecule has 8 nitrogen and oxygen atoms in total. The highest BCUT2D eigenvalue weighted by atomic mass is 32.2. The number of aryl methyl sites for hydroxylation is 1. The molecule has 12 heteroatoms. The number of thioether (sulfide) groups is 1. The lowest BCUT2D eigenvalue weighted by atomic mass is 10.1. The molecule has 0 aliphatic heterocycles. The van der Waals surface area contributed by atoms with Crippen LogP contribution in [0.15, 0.2) is 70.0 Å². The van der Waals surface area contributed by atoms with Crippen molar-refractivity contribution in [1.29, 1.82) is 0 Å². The summed E-state index contributed by atoms with van der Waals surface area (Å²) in [5.74, 6) is 0.0897. The van der Waals surface area contributed by atoms with Crippen molar-refractivity contribution >= 4 is 39.1 Å². The van der Waals surface area contributed by atoms with Crippen LogP contribution in [-0.2, 0) is 26.9 Å². The zero-order valence-corrected chi connectivity index (χ0v) is 21.9. The number of carbonyl (C=O) groups is 1. The maximum atomic E-state index is 13.6. The SMILES string of the molecule is COC(=O)c1sccc1S(=O)(=O)NCCc1nnc(SCc2ccccc2C)n1-c1ccc(F)cc1. The summed E-state index contributed by atoms with van der Waals surface area (Å²) in [5.41, 5.74) is 2.98.